The molecule has 0 amide bonds. The highest BCUT2D eigenvalue weighted by molar-refractivity contribution is 5.96. The van der Waals surface area contributed by atoms with Crippen molar-refractivity contribution in [3.8, 4) is 5.75 Å². The second-order valence-electron chi connectivity index (χ2n) is 4.89. The van der Waals surface area contributed by atoms with Crippen molar-refractivity contribution < 1.29 is 9.53 Å². The van der Waals surface area contributed by atoms with Crippen LogP contribution in [0.1, 0.15) is 49.0 Å². The maximum atomic E-state index is 12.0. The van der Waals surface area contributed by atoms with Gasteiger partial charge in [0.05, 0.1) is 7.11 Å². The number of rotatable bonds is 6. The molecule has 0 unspecified atom stereocenters. The summed E-state index contributed by atoms with van der Waals surface area (Å²) in [6.45, 7) is 6.34. The normalized spacial score (nSPS) is 10.6. The fraction of sp³-hybridized carbons (Fsp3) is 0.533. The van der Waals surface area contributed by atoms with E-state index in [1.54, 1.807) is 7.11 Å². The van der Waals surface area contributed by atoms with Crippen molar-refractivity contribution in [2.24, 2.45) is 5.92 Å². The number of aryl methyl sites for hydroxylation is 1. The Morgan fingerprint density at radius 2 is 2.06 bits per heavy atom. The van der Waals surface area contributed by atoms with Crippen molar-refractivity contribution >= 4 is 5.78 Å². The van der Waals surface area contributed by atoms with E-state index in [2.05, 4.69) is 13.8 Å². The van der Waals surface area contributed by atoms with Gasteiger partial charge >= 0.3 is 0 Å². The summed E-state index contributed by atoms with van der Waals surface area (Å²) in [6.07, 6.45) is 2.70. The van der Waals surface area contributed by atoms with Crippen LogP contribution < -0.4 is 4.74 Å². The second kappa shape index (κ2) is 6.43. The van der Waals surface area contributed by atoms with Crippen molar-refractivity contribution in [1.82, 2.24) is 0 Å². The van der Waals surface area contributed by atoms with E-state index >= 15 is 0 Å². The smallest absolute Gasteiger partial charge is 0.163 e. The quantitative estimate of drug-likeness (QED) is 0.695. The molecule has 2 nitrogen and oxygen atoms in total. The van der Waals surface area contributed by atoms with Crippen LogP contribution in [0.4, 0.5) is 0 Å². The number of hydrogen-bond donors (Lipinski definition) is 0. The molecule has 0 aliphatic carbocycles. The van der Waals surface area contributed by atoms with E-state index in [1.165, 1.54) is 0 Å². The Hall–Kier alpha value is -1.31. The molecule has 0 aliphatic rings. The predicted molar refractivity (Wildman–Crippen MR) is 70.8 cm³/mol. The summed E-state index contributed by atoms with van der Waals surface area (Å²) in [6, 6.07) is 5.66. The van der Waals surface area contributed by atoms with Gasteiger partial charge in [-0.25, -0.2) is 0 Å². The number of carbonyl (C=O) groups excluding carboxylic acids is 1. The number of methoxy groups -OCH3 is 1. The van der Waals surface area contributed by atoms with E-state index in [1.807, 2.05) is 25.1 Å². The zero-order chi connectivity index (χ0) is 12.8. The molecular formula is C15H22O2. The highest BCUT2D eigenvalue weighted by Gasteiger charge is 2.08. The topological polar surface area (TPSA) is 26.3 Å². The van der Waals surface area contributed by atoms with Gasteiger partial charge < -0.3 is 4.74 Å². The molecule has 0 heterocycles. The SMILES string of the molecule is COc1cc(C(=O)CCCC(C)C)ccc1C. The molecule has 0 saturated heterocycles. The summed E-state index contributed by atoms with van der Waals surface area (Å²) in [4.78, 5) is 12.0. The number of ether oxygens (including phenoxy) is 1. The summed E-state index contributed by atoms with van der Waals surface area (Å²) >= 11 is 0. The van der Waals surface area contributed by atoms with Crippen LogP contribution in [0.15, 0.2) is 18.2 Å². The average molecular weight is 234 g/mol. The lowest BCUT2D eigenvalue weighted by molar-refractivity contribution is 0.0978. The molecule has 2 heteroatoms. The van der Waals surface area contributed by atoms with Crippen molar-refractivity contribution in [3.63, 3.8) is 0 Å². The lowest BCUT2D eigenvalue weighted by Crippen LogP contribution is -2.01. The molecule has 0 aromatic heterocycles. The molecule has 1 rings (SSSR count). The zero-order valence-electron chi connectivity index (χ0n) is 11.2. The molecule has 0 saturated carbocycles. The highest BCUT2D eigenvalue weighted by Crippen LogP contribution is 2.20. The molecule has 0 bridgehead atoms. The first-order valence-electron chi connectivity index (χ1n) is 6.22. The van der Waals surface area contributed by atoms with Gasteiger partial charge in [-0.15, -0.1) is 0 Å². The van der Waals surface area contributed by atoms with Crippen molar-refractivity contribution in [2.45, 2.75) is 40.0 Å². The van der Waals surface area contributed by atoms with Crippen LogP contribution in [0.5, 0.6) is 5.75 Å². The second-order valence-corrected chi connectivity index (χ2v) is 4.89. The van der Waals surface area contributed by atoms with Gasteiger partial charge in [0.1, 0.15) is 5.75 Å². The molecule has 0 N–H and O–H groups in total. The maximum Gasteiger partial charge on any atom is 0.163 e. The average Bonchev–Trinajstić information content (AvgIpc) is 2.29. The third kappa shape index (κ3) is 4.22. The van der Waals surface area contributed by atoms with E-state index in [0.717, 1.165) is 29.7 Å². The first-order valence-corrected chi connectivity index (χ1v) is 6.22. The molecule has 0 atom stereocenters. The number of benzene rings is 1. The highest BCUT2D eigenvalue weighted by atomic mass is 16.5. The fourth-order valence-corrected chi connectivity index (χ4v) is 1.81. The number of hydrogen-bond acceptors (Lipinski definition) is 2. The van der Waals surface area contributed by atoms with Gasteiger partial charge in [0.25, 0.3) is 0 Å². The lowest BCUT2D eigenvalue weighted by Gasteiger charge is -2.07. The van der Waals surface area contributed by atoms with Crippen LogP contribution in [0.2, 0.25) is 0 Å². The third-order valence-corrected chi connectivity index (χ3v) is 2.92. The van der Waals surface area contributed by atoms with E-state index in [-0.39, 0.29) is 5.78 Å². The van der Waals surface area contributed by atoms with Crippen molar-refractivity contribution in [2.75, 3.05) is 7.11 Å². The van der Waals surface area contributed by atoms with Crippen LogP contribution in [0, 0.1) is 12.8 Å². The van der Waals surface area contributed by atoms with Gasteiger partial charge in [-0.2, -0.15) is 0 Å². The van der Waals surface area contributed by atoms with E-state index < -0.39 is 0 Å². The zero-order valence-corrected chi connectivity index (χ0v) is 11.2. The Morgan fingerprint density at radius 3 is 2.65 bits per heavy atom. The van der Waals surface area contributed by atoms with Crippen LogP contribution in [0.3, 0.4) is 0 Å². The molecule has 0 fully saturated rings. The Kier molecular flexibility index (Phi) is 5.20. The summed E-state index contributed by atoms with van der Waals surface area (Å²) < 4.78 is 5.23. The van der Waals surface area contributed by atoms with Crippen LogP contribution in [-0.2, 0) is 0 Å². The lowest BCUT2D eigenvalue weighted by atomic mass is 10.0. The van der Waals surface area contributed by atoms with Crippen LogP contribution >= 0.6 is 0 Å². The minimum atomic E-state index is 0.212. The largest absolute Gasteiger partial charge is 0.496 e. The first kappa shape index (κ1) is 13.8. The first-order chi connectivity index (χ1) is 8.04. The molecule has 0 spiro atoms. The summed E-state index contributed by atoms with van der Waals surface area (Å²) in [5, 5.41) is 0. The molecule has 0 aliphatic heterocycles. The summed E-state index contributed by atoms with van der Waals surface area (Å²) in [5.74, 6) is 1.67. The molecule has 17 heavy (non-hydrogen) atoms. The van der Waals surface area contributed by atoms with Crippen molar-refractivity contribution in [1.29, 1.82) is 0 Å². The maximum absolute atomic E-state index is 12.0. The van der Waals surface area contributed by atoms with Crippen LogP contribution in [-0.4, -0.2) is 12.9 Å². The monoisotopic (exact) mass is 234 g/mol. The van der Waals surface area contributed by atoms with Gasteiger partial charge in [-0.1, -0.05) is 32.4 Å². The van der Waals surface area contributed by atoms with Gasteiger partial charge in [-0.05, 0) is 30.9 Å². The van der Waals surface area contributed by atoms with Crippen LogP contribution in [0.25, 0.3) is 0 Å². The van der Waals surface area contributed by atoms with Gasteiger partial charge in [0.2, 0.25) is 0 Å². The molecule has 1 aromatic rings. The van der Waals surface area contributed by atoms with E-state index in [4.69, 9.17) is 4.74 Å². The third-order valence-electron chi connectivity index (χ3n) is 2.92. The molecule has 1 aromatic carbocycles. The Balaban J connectivity index is 2.63. The summed E-state index contributed by atoms with van der Waals surface area (Å²) in [5.41, 5.74) is 1.82. The number of Topliss-reactive ketones (excluding diaryl/α,β-unsaturated/α-hetero) is 1. The number of carbonyl (C=O) groups is 1. The van der Waals surface area contributed by atoms with E-state index in [0.29, 0.717) is 12.3 Å². The number of ketones is 1. The Labute approximate surface area is 104 Å². The van der Waals surface area contributed by atoms with E-state index in [9.17, 15) is 4.79 Å². The molecular weight excluding hydrogens is 212 g/mol. The Bertz CT molecular complexity index is 381. The minimum Gasteiger partial charge on any atom is -0.496 e. The molecule has 0 radical (unpaired) electrons. The van der Waals surface area contributed by atoms with Gasteiger partial charge in [0.15, 0.2) is 5.78 Å². The fourth-order valence-electron chi connectivity index (χ4n) is 1.81. The molecule has 94 valence electrons. The van der Waals surface area contributed by atoms with Gasteiger partial charge in [0, 0.05) is 12.0 Å². The summed E-state index contributed by atoms with van der Waals surface area (Å²) in [7, 11) is 1.63. The minimum absolute atomic E-state index is 0.212. The van der Waals surface area contributed by atoms with Crippen molar-refractivity contribution in [3.05, 3.63) is 29.3 Å². The van der Waals surface area contributed by atoms with Gasteiger partial charge in [-0.3, -0.25) is 4.79 Å². The predicted octanol–water partition coefficient (Wildman–Crippen LogP) is 4.01. The Morgan fingerprint density at radius 1 is 1.35 bits per heavy atom. The standard InChI is InChI=1S/C15H22O2/c1-11(2)6-5-7-14(16)13-9-8-12(3)15(10-13)17-4/h8-11H,5-7H2,1-4H3.